The summed E-state index contributed by atoms with van der Waals surface area (Å²) in [6.45, 7) is 0.492. The first-order chi connectivity index (χ1) is 8.41. The molecule has 0 spiro atoms. The number of hydrogen-bond acceptors (Lipinski definition) is 4. The molecular weight excluding hydrogens is 230 g/mol. The Bertz CT molecular complexity index is 340. The van der Waals surface area contributed by atoms with Crippen LogP contribution in [0.25, 0.3) is 0 Å². The van der Waals surface area contributed by atoms with Gasteiger partial charge in [0, 0.05) is 13.6 Å². The monoisotopic (exact) mass is 253 g/mol. The van der Waals surface area contributed by atoms with Gasteiger partial charge in [-0.25, -0.2) is 4.79 Å². The van der Waals surface area contributed by atoms with Crippen LogP contribution < -0.4 is 11.5 Å². The Labute approximate surface area is 108 Å². The molecule has 5 heteroatoms. The number of aliphatic carboxylic acids is 1. The molecule has 5 N–H and O–H groups in total. The second-order valence-corrected chi connectivity index (χ2v) is 5.05. The molecule has 1 aliphatic heterocycles. The molecule has 1 aliphatic carbocycles. The van der Waals surface area contributed by atoms with Crippen LogP contribution in [0.1, 0.15) is 32.1 Å². The van der Waals surface area contributed by atoms with Crippen LogP contribution in [-0.2, 0) is 4.79 Å². The van der Waals surface area contributed by atoms with Crippen LogP contribution in [0.3, 0.4) is 0 Å². The number of rotatable bonds is 1. The van der Waals surface area contributed by atoms with Crippen molar-refractivity contribution in [2.24, 2.45) is 11.5 Å². The number of allylic oxidation sites excluding steroid dienone is 2. The van der Waals surface area contributed by atoms with E-state index in [9.17, 15) is 4.79 Å². The Morgan fingerprint density at radius 1 is 1.33 bits per heavy atom. The van der Waals surface area contributed by atoms with E-state index in [0.717, 1.165) is 12.8 Å². The van der Waals surface area contributed by atoms with Crippen LogP contribution in [0.2, 0.25) is 0 Å². The summed E-state index contributed by atoms with van der Waals surface area (Å²) in [4.78, 5) is 12.2. The van der Waals surface area contributed by atoms with E-state index < -0.39 is 5.97 Å². The zero-order valence-corrected chi connectivity index (χ0v) is 10.9. The van der Waals surface area contributed by atoms with Crippen LogP contribution in [0.5, 0.6) is 0 Å². The van der Waals surface area contributed by atoms with Crippen LogP contribution in [-0.4, -0.2) is 35.2 Å². The molecule has 5 nitrogen and oxygen atoms in total. The minimum Gasteiger partial charge on any atom is -0.478 e. The lowest BCUT2D eigenvalue weighted by molar-refractivity contribution is -0.132. The summed E-state index contributed by atoms with van der Waals surface area (Å²) in [5.41, 5.74) is 11.4. The van der Waals surface area contributed by atoms with Crippen LogP contribution in [0, 0.1) is 0 Å². The van der Waals surface area contributed by atoms with Gasteiger partial charge < -0.3 is 21.5 Å². The molecule has 2 aliphatic rings. The molecule has 0 aromatic carbocycles. The van der Waals surface area contributed by atoms with Crippen molar-refractivity contribution in [2.45, 2.75) is 37.8 Å². The summed E-state index contributed by atoms with van der Waals surface area (Å²) in [5.74, 6) is -0.837. The van der Waals surface area contributed by atoms with Gasteiger partial charge in [0.25, 0.3) is 0 Å². The normalized spacial score (nSPS) is 21.7. The maximum absolute atomic E-state index is 10.4. The summed E-state index contributed by atoms with van der Waals surface area (Å²) < 4.78 is 0. The van der Waals surface area contributed by atoms with Gasteiger partial charge in [0.2, 0.25) is 0 Å². The third kappa shape index (κ3) is 5.33. The average Bonchev–Trinajstić information content (AvgIpc) is 2.29. The number of nitrogens with zero attached hydrogens (tertiary/aromatic N) is 1. The quantitative estimate of drug-likeness (QED) is 0.607. The van der Waals surface area contributed by atoms with Crippen molar-refractivity contribution >= 4 is 5.97 Å². The van der Waals surface area contributed by atoms with Gasteiger partial charge in [-0.05, 0) is 31.2 Å². The predicted octanol–water partition coefficient (Wildman–Crippen LogP) is 1.02. The van der Waals surface area contributed by atoms with Gasteiger partial charge in [0.05, 0.1) is 11.2 Å². The number of carboxylic acid groups (broad SMARTS) is 1. The average molecular weight is 253 g/mol. The summed E-state index contributed by atoms with van der Waals surface area (Å²) in [6.07, 6.45) is 10.9. The molecule has 0 atom stereocenters. The van der Waals surface area contributed by atoms with Crippen LogP contribution in [0.15, 0.2) is 23.9 Å². The third-order valence-electron chi connectivity index (χ3n) is 3.12. The van der Waals surface area contributed by atoms with E-state index in [-0.39, 0.29) is 5.66 Å². The number of likely N-dealkylation sites (N-methyl/N-ethyl adjacent to an activating group) is 1. The third-order valence-corrected chi connectivity index (χ3v) is 3.12. The van der Waals surface area contributed by atoms with Crippen molar-refractivity contribution in [1.82, 2.24) is 4.90 Å². The van der Waals surface area contributed by atoms with Crippen LogP contribution >= 0.6 is 0 Å². The highest BCUT2D eigenvalue weighted by Gasteiger charge is 2.21. The molecule has 2 rings (SSSR count). The van der Waals surface area contributed by atoms with Gasteiger partial charge in [-0.3, -0.25) is 0 Å². The van der Waals surface area contributed by atoms with Gasteiger partial charge >= 0.3 is 5.97 Å². The second kappa shape index (κ2) is 6.56. The largest absolute Gasteiger partial charge is 0.478 e. The minimum atomic E-state index is -0.837. The van der Waals surface area contributed by atoms with Gasteiger partial charge in [-0.15, -0.1) is 0 Å². The Hall–Kier alpha value is -1.33. The highest BCUT2D eigenvalue weighted by molar-refractivity contribution is 5.87. The molecule has 0 aromatic rings. The first-order valence-corrected chi connectivity index (χ1v) is 6.29. The lowest BCUT2D eigenvalue weighted by Crippen LogP contribution is -2.50. The van der Waals surface area contributed by atoms with Crippen LogP contribution in [0.4, 0.5) is 0 Å². The first kappa shape index (κ1) is 14.7. The van der Waals surface area contributed by atoms with E-state index in [1.807, 2.05) is 18.1 Å². The molecule has 1 heterocycles. The van der Waals surface area contributed by atoms with Gasteiger partial charge in [0.1, 0.15) is 0 Å². The van der Waals surface area contributed by atoms with Crippen molar-refractivity contribution < 1.29 is 9.90 Å². The van der Waals surface area contributed by atoms with Crippen molar-refractivity contribution in [3.05, 3.63) is 23.9 Å². The van der Waals surface area contributed by atoms with E-state index in [4.69, 9.17) is 16.6 Å². The SMILES string of the molecule is CN1C=CC=C(C(=O)O)C1.NC1(N)CCCCC1. The molecule has 0 aromatic heterocycles. The second-order valence-electron chi connectivity index (χ2n) is 5.05. The smallest absolute Gasteiger partial charge is 0.333 e. The van der Waals surface area contributed by atoms with E-state index in [1.54, 1.807) is 12.2 Å². The lowest BCUT2D eigenvalue weighted by Gasteiger charge is -2.28. The van der Waals surface area contributed by atoms with Gasteiger partial charge in [-0.1, -0.05) is 19.3 Å². The Kier molecular flexibility index (Phi) is 5.37. The van der Waals surface area contributed by atoms with E-state index in [2.05, 4.69) is 0 Å². The molecule has 0 amide bonds. The molecule has 102 valence electrons. The summed E-state index contributed by atoms with van der Waals surface area (Å²) in [6, 6.07) is 0. The zero-order valence-electron chi connectivity index (χ0n) is 10.9. The Balaban J connectivity index is 0.000000184. The van der Waals surface area contributed by atoms with E-state index in [0.29, 0.717) is 12.1 Å². The number of carbonyl (C=O) groups is 1. The summed E-state index contributed by atoms with van der Waals surface area (Å²) >= 11 is 0. The molecule has 0 unspecified atom stereocenters. The minimum absolute atomic E-state index is 0.321. The molecule has 0 bridgehead atoms. The number of hydrogen-bond donors (Lipinski definition) is 3. The van der Waals surface area contributed by atoms with Crippen molar-refractivity contribution in [1.29, 1.82) is 0 Å². The highest BCUT2D eigenvalue weighted by atomic mass is 16.4. The van der Waals surface area contributed by atoms with E-state index >= 15 is 0 Å². The fourth-order valence-electron chi connectivity index (χ4n) is 2.03. The fourth-order valence-corrected chi connectivity index (χ4v) is 2.03. The predicted molar refractivity (Wildman–Crippen MR) is 71.7 cm³/mol. The van der Waals surface area contributed by atoms with Gasteiger partial charge in [0.15, 0.2) is 0 Å². The van der Waals surface area contributed by atoms with Gasteiger partial charge in [-0.2, -0.15) is 0 Å². The standard InChI is InChI=1S/C7H9NO2.C6H14N2/c1-8-4-2-3-6(5-8)7(9)10;7-6(8)4-2-1-3-5-6/h2-4H,5H2,1H3,(H,9,10);1-5,7-8H2. The van der Waals surface area contributed by atoms with Crippen molar-refractivity contribution in [3.63, 3.8) is 0 Å². The fraction of sp³-hybridized carbons (Fsp3) is 0.615. The number of carboxylic acids is 1. The topological polar surface area (TPSA) is 92.6 Å². The highest BCUT2D eigenvalue weighted by Crippen LogP contribution is 2.20. The summed E-state index contributed by atoms with van der Waals surface area (Å²) in [7, 11) is 1.84. The molecule has 0 radical (unpaired) electrons. The zero-order chi connectivity index (χ0) is 13.6. The van der Waals surface area contributed by atoms with Crippen molar-refractivity contribution in [2.75, 3.05) is 13.6 Å². The first-order valence-electron chi connectivity index (χ1n) is 6.29. The molecule has 1 fully saturated rings. The van der Waals surface area contributed by atoms with Crippen molar-refractivity contribution in [3.8, 4) is 0 Å². The van der Waals surface area contributed by atoms with E-state index in [1.165, 1.54) is 19.3 Å². The lowest BCUT2D eigenvalue weighted by atomic mass is 9.91. The molecule has 0 saturated heterocycles. The molecule has 18 heavy (non-hydrogen) atoms. The summed E-state index contributed by atoms with van der Waals surface area (Å²) in [5, 5.41) is 8.53. The maximum atomic E-state index is 10.4. The molecular formula is C13H23N3O2. The Morgan fingerprint density at radius 2 is 1.94 bits per heavy atom. The number of nitrogens with two attached hydrogens (primary N) is 2. The Morgan fingerprint density at radius 3 is 2.28 bits per heavy atom. The molecule has 1 saturated carbocycles. The maximum Gasteiger partial charge on any atom is 0.333 e.